The molecule has 3 heteroatoms. The highest BCUT2D eigenvalue weighted by Crippen LogP contribution is 2.37. The van der Waals surface area contributed by atoms with Crippen LogP contribution in [0.5, 0.6) is 0 Å². The van der Waals surface area contributed by atoms with Crippen molar-refractivity contribution in [3.05, 3.63) is 0 Å². The van der Waals surface area contributed by atoms with Gasteiger partial charge in [-0.05, 0) is 37.5 Å². The van der Waals surface area contributed by atoms with Crippen molar-refractivity contribution in [2.75, 3.05) is 13.2 Å². The summed E-state index contributed by atoms with van der Waals surface area (Å²) in [6.07, 6.45) is 6.10. The number of rotatable bonds is 3. The van der Waals surface area contributed by atoms with Crippen molar-refractivity contribution in [2.24, 2.45) is 22.9 Å². The fourth-order valence-electron chi connectivity index (χ4n) is 3.27. The van der Waals surface area contributed by atoms with Crippen LogP contribution in [0.1, 0.15) is 47.0 Å². The second-order valence-electron chi connectivity index (χ2n) is 6.11. The van der Waals surface area contributed by atoms with Crippen molar-refractivity contribution in [3.63, 3.8) is 0 Å². The molecule has 0 aromatic carbocycles. The average Bonchev–Trinajstić information content (AvgIpc) is 2.76. The molecule has 0 saturated heterocycles. The lowest BCUT2D eigenvalue weighted by Crippen LogP contribution is -2.44. The van der Waals surface area contributed by atoms with Crippen molar-refractivity contribution in [2.45, 2.75) is 53.0 Å². The Labute approximate surface area is 106 Å². The Hall–Kier alpha value is -0.730. The number of hydrogen-bond acceptors (Lipinski definition) is 3. The quantitative estimate of drug-likeness (QED) is 0.751. The molecule has 2 aliphatic rings. The van der Waals surface area contributed by atoms with E-state index in [4.69, 9.17) is 0 Å². The van der Waals surface area contributed by atoms with E-state index in [1.165, 1.54) is 19.3 Å². The summed E-state index contributed by atoms with van der Waals surface area (Å²) in [6, 6.07) is 0.659. The van der Waals surface area contributed by atoms with Crippen LogP contribution in [0, 0.1) is 17.8 Å². The zero-order valence-electron chi connectivity index (χ0n) is 11.8. The zero-order valence-corrected chi connectivity index (χ0v) is 11.8. The van der Waals surface area contributed by atoms with E-state index in [2.05, 4.69) is 42.7 Å². The van der Waals surface area contributed by atoms with Crippen molar-refractivity contribution in [3.8, 4) is 0 Å². The standard InChI is InChI=1S/C14H27N3/c1-5-16-9-15-17(10-16)14-8-12(4)6-7-13(14)11(2)3/h9,11-14H,5-8,10H2,1-4H3/t12-,13+,14-/m1/s1. The molecular weight excluding hydrogens is 210 g/mol. The minimum absolute atomic E-state index is 0.659. The van der Waals surface area contributed by atoms with Gasteiger partial charge in [-0.25, -0.2) is 0 Å². The Kier molecular flexibility index (Phi) is 3.95. The van der Waals surface area contributed by atoms with Crippen LogP contribution in [-0.2, 0) is 0 Å². The predicted octanol–water partition coefficient (Wildman–Crippen LogP) is 2.99. The van der Waals surface area contributed by atoms with Crippen molar-refractivity contribution < 1.29 is 0 Å². The first-order valence-electron chi connectivity index (χ1n) is 7.16. The van der Waals surface area contributed by atoms with Gasteiger partial charge in [-0.3, -0.25) is 5.01 Å². The van der Waals surface area contributed by atoms with Crippen LogP contribution in [0.3, 0.4) is 0 Å². The van der Waals surface area contributed by atoms with Gasteiger partial charge in [0.05, 0.1) is 6.04 Å². The molecule has 1 fully saturated rings. The normalized spacial score (nSPS) is 33.8. The molecule has 2 rings (SSSR count). The maximum absolute atomic E-state index is 4.61. The summed E-state index contributed by atoms with van der Waals surface area (Å²) in [5, 5.41) is 6.95. The van der Waals surface area contributed by atoms with Gasteiger partial charge in [-0.15, -0.1) is 0 Å². The largest absolute Gasteiger partial charge is 0.342 e. The van der Waals surface area contributed by atoms with Crippen molar-refractivity contribution in [1.82, 2.24) is 9.91 Å². The van der Waals surface area contributed by atoms with Crippen LogP contribution in [0.4, 0.5) is 0 Å². The van der Waals surface area contributed by atoms with Gasteiger partial charge in [0.2, 0.25) is 0 Å². The van der Waals surface area contributed by atoms with Gasteiger partial charge < -0.3 is 4.90 Å². The van der Waals surface area contributed by atoms with E-state index in [0.717, 1.165) is 31.0 Å². The van der Waals surface area contributed by atoms with Crippen LogP contribution in [0.15, 0.2) is 5.10 Å². The van der Waals surface area contributed by atoms with Gasteiger partial charge in [0.1, 0.15) is 13.0 Å². The number of hydrogen-bond donors (Lipinski definition) is 0. The molecule has 17 heavy (non-hydrogen) atoms. The van der Waals surface area contributed by atoms with Crippen LogP contribution in [-0.4, -0.2) is 35.5 Å². The molecule has 3 nitrogen and oxygen atoms in total. The molecule has 0 radical (unpaired) electrons. The van der Waals surface area contributed by atoms with Crippen LogP contribution < -0.4 is 0 Å². The third-order valence-electron chi connectivity index (χ3n) is 4.47. The second-order valence-corrected chi connectivity index (χ2v) is 6.11. The summed E-state index contributed by atoms with van der Waals surface area (Å²) < 4.78 is 0. The van der Waals surface area contributed by atoms with E-state index in [1.807, 2.05) is 6.34 Å². The lowest BCUT2D eigenvalue weighted by Gasteiger charge is -2.41. The Morgan fingerprint density at radius 3 is 2.71 bits per heavy atom. The molecule has 0 unspecified atom stereocenters. The molecule has 98 valence electrons. The fourth-order valence-corrected chi connectivity index (χ4v) is 3.27. The first kappa shape index (κ1) is 12.7. The number of nitrogens with zero attached hydrogens (tertiary/aromatic N) is 3. The molecule has 0 N–H and O–H groups in total. The maximum atomic E-state index is 4.61. The Balaban J connectivity index is 2.03. The SMILES string of the molecule is CCN1C=NN([C@@H]2C[C@H](C)CC[C@H]2C(C)C)C1. The molecule has 0 bridgehead atoms. The second kappa shape index (κ2) is 5.28. The Morgan fingerprint density at radius 2 is 2.12 bits per heavy atom. The third-order valence-corrected chi connectivity index (χ3v) is 4.47. The van der Waals surface area contributed by atoms with Gasteiger partial charge in [0, 0.05) is 6.54 Å². The van der Waals surface area contributed by atoms with Crippen LogP contribution in [0.25, 0.3) is 0 Å². The van der Waals surface area contributed by atoms with Gasteiger partial charge >= 0.3 is 0 Å². The van der Waals surface area contributed by atoms with Gasteiger partial charge in [0.15, 0.2) is 0 Å². The van der Waals surface area contributed by atoms with Gasteiger partial charge in [-0.1, -0.05) is 27.2 Å². The summed E-state index contributed by atoms with van der Waals surface area (Å²) in [4.78, 5) is 2.29. The molecule has 1 heterocycles. The summed E-state index contributed by atoms with van der Waals surface area (Å²) in [7, 11) is 0. The average molecular weight is 237 g/mol. The molecular formula is C14H27N3. The lowest BCUT2D eigenvalue weighted by atomic mass is 9.74. The monoisotopic (exact) mass is 237 g/mol. The van der Waals surface area contributed by atoms with E-state index < -0.39 is 0 Å². The zero-order chi connectivity index (χ0) is 12.4. The first-order chi connectivity index (χ1) is 8.11. The summed E-state index contributed by atoms with van der Waals surface area (Å²) in [5.41, 5.74) is 0. The fraction of sp³-hybridized carbons (Fsp3) is 0.929. The van der Waals surface area contributed by atoms with Gasteiger partial charge in [-0.2, -0.15) is 5.10 Å². The molecule has 3 atom stereocenters. The maximum Gasteiger partial charge on any atom is 0.113 e. The van der Waals surface area contributed by atoms with Crippen molar-refractivity contribution in [1.29, 1.82) is 0 Å². The molecule has 0 spiro atoms. The van der Waals surface area contributed by atoms with E-state index in [0.29, 0.717) is 6.04 Å². The van der Waals surface area contributed by atoms with E-state index in [9.17, 15) is 0 Å². The highest BCUT2D eigenvalue weighted by atomic mass is 15.6. The van der Waals surface area contributed by atoms with Crippen LogP contribution >= 0.6 is 0 Å². The summed E-state index contributed by atoms with van der Waals surface area (Å²) in [6.45, 7) is 11.4. The highest BCUT2D eigenvalue weighted by Gasteiger charge is 2.35. The molecule has 1 saturated carbocycles. The summed E-state index contributed by atoms with van der Waals surface area (Å²) >= 11 is 0. The first-order valence-corrected chi connectivity index (χ1v) is 7.16. The lowest BCUT2D eigenvalue weighted by molar-refractivity contribution is 0.0522. The molecule has 1 aliphatic carbocycles. The number of hydrazone groups is 1. The minimum atomic E-state index is 0.659. The van der Waals surface area contributed by atoms with Gasteiger partial charge in [0.25, 0.3) is 0 Å². The molecule has 0 amide bonds. The Bertz CT molecular complexity index is 275. The highest BCUT2D eigenvalue weighted by molar-refractivity contribution is 5.56. The molecule has 1 aliphatic heterocycles. The van der Waals surface area contributed by atoms with E-state index in [-0.39, 0.29) is 0 Å². The van der Waals surface area contributed by atoms with Crippen molar-refractivity contribution >= 4 is 6.34 Å². The summed E-state index contributed by atoms with van der Waals surface area (Å²) in [5.74, 6) is 2.46. The minimum Gasteiger partial charge on any atom is -0.342 e. The Morgan fingerprint density at radius 1 is 1.35 bits per heavy atom. The van der Waals surface area contributed by atoms with E-state index in [1.54, 1.807) is 0 Å². The third kappa shape index (κ3) is 2.75. The predicted molar refractivity (Wildman–Crippen MR) is 72.7 cm³/mol. The van der Waals surface area contributed by atoms with E-state index >= 15 is 0 Å². The molecule has 0 aromatic rings. The smallest absolute Gasteiger partial charge is 0.113 e. The topological polar surface area (TPSA) is 18.8 Å². The molecule has 0 aromatic heterocycles. The van der Waals surface area contributed by atoms with Crippen LogP contribution in [0.2, 0.25) is 0 Å².